The molecule has 1 saturated heterocycles. The van der Waals surface area contributed by atoms with E-state index in [-0.39, 0.29) is 40.7 Å². The summed E-state index contributed by atoms with van der Waals surface area (Å²) in [5.74, 6) is -2.73. The first-order chi connectivity index (χ1) is 18.7. The van der Waals surface area contributed by atoms with Crippen LogP contribution in [0.2, 0.25) is 0 Å². The predicted molar refractivity (Wildman–Crippen MR) is 150 cm³/mol. The number of carbonyl (C=O) groups is 3. The highest BCUT2D eigenvalue weighted by atomic mass is 16.6. The largest absolute Gasteiger partial charge is 0.478 e. The maximum Gasteiger partial charge on any atom is 0.336 e. The number of piperazine rings is 1. The van der Waals surface area contributed by atoms with Crippen LogP contribution in [-0.4, -0.2) is 82.9 Å². The average molecular weight is 557 g/mol. The van der Waals surface area contributed by atoms with Gasteiger partial charge in [-0.3, -0.25) is 19.8 Å². The molecule has 2 N–H and O–H groups in total. The lowest BCUT2D eigenvalue weighted by Gasteiger charge is -2.40. The van der Waals surface area contributed by atoms with Gasteiger partial charge in [0.2, 0.25) is 0 Å². The number of aliphatic carboxylic acids is 1. The minimum Gasteiger partial charge on any atom is -0.478 e. The minimum atomic E-state index is -1.22. The Morgan fingerprint density at radius 3 is 2.35 bits per heavy atom. The summed E-state index contributed by atoms with van der Waals surface area (Å²) >= 11 is 0. The van der Waals surface area contributed by atoms with Gasteiger partial charge in [-0.05, 0) is 45.1 Å². The summed E-state index contributed by atoms with van der Waals surface area (Å²) in [6, 6.07) is 5.60. The van der Waals surface area contributed by atoms with E-state index in [1.165, 1.54) is 18.2 Å². The summed E-state index contributed by atoms with van der Waals surface area (Å²) in [7, 11) is 0. The number of nitrogens with one attached hydrogen (secondary N) is 1. The van der Waals surface area contributed by atoms with Gasteiger partial charge < -0.3 is 20.1 Å². The summed E-state index contributed by atoms with van der Waals surface area (Å²) in [5.41, 5.74) is 0.844. The number of carboxylic acid groups (broad SMARTS) is 1. The molecule has 11 heteroatoms. The fraction of sp³-hybridized carbons (Fsp3) is 0.552. The molecule has 0 amide bonds. The SMILES string of the molecule is CC(=O)C(C)N1CCN(CC(C)(C)CCOC(=O)C2=C(C)NC(C)=C(C(=O)O)C2c2cccc([N+](=O)[O-])c2)CC1. The van der Waals surface area contributed by atoms with Crippen molar-refractivity contribution in [3.05, 3.63) is 62.5 Å². The summed E-state index contributed by atoms with van der Waals surface area (Å²) in [6.45, 7) is 15.3. The number of nitro benzene ring substituents is 1. The number of allylic oxidation sites excluding steroid dienone is 2. The van der Waals surface area contributed by atoms with Crippen LogP contribution < -0.4 is 5.32 Å². The Kier molecular flexibility index (Phi) is 9.86. The van der Waals surface area contributed by atoms with Gasteiger partial charge in [0, 0.05) is 56.3 Å². The fourth-order valence-corrected chi connectivity index (χ4v) is 5.45. The summed E-state index contributed by atoms with van der Waals surface area (Å²) in [4.78, 5) is 52.7. The zero-order valence-electron chi connectivity index (χ0n) is 24.2. The summed E-state index contributed by atoms with van der Waals surface area (Å²) < 4.78 is 5.69. The van der Waals surface area contributed by atoms with Gasteiger partial charge in [-0.1, -0.05) is 26.0 Å². The number of non-ortho nitro benzene ring substituents is 1. The number of hydrogen-bond acceptors (Lipinski definition) is 9. The van der Waals surface area contributed by atoms with Crippen molar-refractivity contribution in [1.82, 2.24) is 15.1 Å². The van der Waals surface area contributed by atoms with Crippen molar-refractivity contribution < 1.29 is 29.2 Å². The molecule has 0 spiro atoms. The van der Waals surface area contributed by atoms with E-state index in [0.717, 1.165) is 32.7 Å². The average Bonchev–Trinajstić information content (AvgIpc) is 2.87. The zero-order valence-corrected chi connectivity index (χ0v) is 24.2. The van der Waals surface area contributed by atoms with Gasteiger partial charge in [0.15, 0.2) is 0 Å². The Labute approximate surface area is 235 Å². The van der Waals surface area contributed by atoms with Crippen LogP contribution in [0.15, 0.2) is 46.8 Å². The third-order valence-corrected chi connectivity index (χ3v) is 7.83. The zero-order chi connectivity index (χ0) is 29.8. The molecule has 0 bridgehead atoms. The first-order valence-corrected chi connectivity index (χ1v) is 13.5. The van der Waals surface area contributed by atoms with Crippen molar-refractivity contribution in [2.24, 2.45) is 5.41 Å². The lowest BCUT2D eigenvalue weighted by molar-refractivity contribution is -0.384. The molecule has 2 heterocycles. The van der Waals surface area contributed by atoms with Crippen molar-refractivity contribution >= 4 is 23.4 Å². The van der Waals surface area contributed by atoms with Gasteiger partial charge in [-0.25, -0.2) is 9.59 Å². The lowest BCUT2D eigenvalue weighted by Crippen LogP contribution is -2.53. The summed E-state index contributed by atoms with van der Waals surface area (Å²) in [5, 5.41) is 24.3. The van der Waals surface area contributed by atoms with E-state index in [1.54, 1.807) is 26.8 Å². The Morgan fingerprint density at radius 1 is 1.15 bits per heavy atom. The van der Waals surface area contributed by atoms with E-state index in [9.17, 15) is 29.6 Å². The third kappa shape index (κ3) is 7.33. The Bertz CT molecular complexity index is 1230. The van der Waals surface area contributed by atoms with Crippen LogP contribution in [-0.2, 0) is 19.1 Å². The molecular weight excluding hydrogens is 516 g/mol. The molecule has 0 radical (unpaired) electrons. The number of nitro groups is 1. The van der Waals surface area contributed by atoms with Gasteiger partial charge >= 0.3 is 11.9 Å². The van der Waals surface area contributed by atoms with E-state index < -0.39 is 22.8 Å². The molecule has 0 saturated carbocycles. The third-order valence-electron chi connectivity index (χ3n) is 7.83. The fourth-order valence-electron chi connectivity index (χ4n) is 5.45. The maximum atomic E-state index is 13.4. The number of benzene rings is 1. The number of carboxylic acids is 1. The van der Waals surface area contributed by atoms with Crippen LogP contribution in [0.5, 0.6) is 0 Å². The first kappa shape index (κ1) is 31.0. The summed E-state index contributed by atoms with van der Waals surface area (Å²) in [6.07, 6.45) is 0.588. The van der Waals surface area contributed by atoms with Gasteiger partial charge in [0.1, 0.15) is 5.78 Å². The highest BCUT2D eigenvalue weighted by Crippen LogP contribution is 2.39. The molecule has 3 rings (SSSR count). The number of esters is 1. The number of hydrogen-bond donors (Lipinski definition) is 2. The van der Waals surface area contributed by atoms with Gasteiger partial charge in [0.25, 0.3) is 5.69 Å². The Hall–Kier alpha value is -3.57. The standard InChI is InChI=1S/C29H40N4O7/c1-18-24(27(35)36)26(22-8-7-9-23(16-22)33(38)39)25(19(2)30-18)28(37)40-15-10-29(5,6)17-31-11-13-32(14-12-31)20(3)21(4)34/h7-9,16,20,26,30H,10-15,17H2,1-6H3,(H,35,36). The van der Waals surface area contributed by atoms with Crippen LogP contribution in [0.4, 0.5) is 5.69 Å². The number of Topliss-reactive ketones (excluding diaryl/α,β-unsaturated/α-hetero) is 1. The van der Waals surface area contributed by atoms with Crippen LogP contribution in [0.25, 0.3) is 0 Å². The lowest BCUT2D eigenvalue weighted by atomic mass is 9.80. The topological polar surface area (TPSA) is 142 Å². The van der Waals surface area contributed by atoms with Gasteiger partial charge in [0.05, 0.1) is 34.6 Å². The van der Waals surface area contributed by atoms with Crippen LogP contribution in [0.1, 0.15) is 59.4 Å². The second-order valence-corrected chi connectivity index (χ2v) is 11.4. The number of rotatable bonds is 11. The second-order valence-electron chi connectivity index (χ2n) is 11.4. The van der Waals surface area contributed by atoms with Crippen molar-refractivity contribution in [1.29, 1.82) is 0 Å². The van der Waals surface area contributed by atoms with E-state index in [1.807, 2.05) is 6.92 Å². The molecule has 2 aliphatic heterocycles. The number of carbonyl (C=O) groups excluding carboxylic acids is 2. The van der Waals surface area contributed by atoms with Crippen LogP contribution in [0, 0.1) is 15.5 Å². The molecule has 1 aromatic rings. The molecule has 2 atom stereocenters. The van der Waals surface area contributed by atoms with E-state index in [4.69, 9.17) is 4.74 Å². The van der Waals surface area contributed by atoms with E-state index in [0.29, 0.717) is 23.4 Å². The normalized spacial score (nSPS) is 19.7. The highest BCUT2D eigenvalue weighted by Gasteiger charge is 2.38. The molecule has 11 nitrogen and oxygen atoms in total. The van der Waals surface area contributed by atoms with Gasteiger partial charge in [-0.15, -0.1) is 0 Å². The molecule has 0 aromatic heterocycles. The monoisotopic (exact) mass is 556 g/mol. The van der Waals surface area contributed by atoms with Crippen LogP contribution in [0.3, 0.4) is 0 Å². The van der Waals surface area contributed by atoms with Crippen molar-refractivity contribution in [3.8, 4) is 0 Å². The van der Waals surface area contributed by atoms with E-state index in [2.05, 4.69) is 29.0 Å². The molecule has 2 aliphatic rings. The molecule has 0 aliphatic carbocycles. The molecule has 2 unspecified atom stereocenters. The Morgan fingerprint density at radius 2 is 1.77 bits per heavy atom. The molecule has 218 valence electrons. The number of nitrogens with zero attached hydrogens (tertiary/aromatic N) is 3. The number of dihydropyridines is 1. The quantitative estimate of drug-likeness (QED) is 0.236. The first-order valence-electron chi connectivity index (χ1n) is 13.5. The maximum absolute atomic E-state index is 13.4. The molecule has 1 fully saturated rings. The number of ether oxygens (including phenoxy) is 1. The van der Waals surface area contributed by atoms with Crippen molar-refractivity contribution in [2.45, 2.75) is 59.9 Å². The minimum absolute atomic E-state index is 0.0587. The van der Waals surface area contributed by atoms with E-state index >= 15 is 0 Å². The predicted octanol–water partition coefficient (Wildman–Crippen LogP) is 3.47. The van der Waals surface area contributed by atoms with Crippen molar-refractivity contribution in [3.63, 3.8) is 0 Å². The number of ketones is 1. The van der Waals surface area contributed by atoms with Crippen molar-refractivity contribution in [2.75, 3.05) is 39.3 Å². The smallest absolute Gasteiger partial charge is 0.336 e. The molecule has 1 aromatic carbocycles. The molecule has 40 heavy (non-hydrogen) atoms. The highest BCUT2D eigenvalue weighted by molar-refractivity contribution is 5.99. The second kappa shape index (κ2) is 12.7. The van der Waals surface area contributed by atoms with Crippen LogP contribution >= 0.6 is 0 Å². The van der Waals surface area contributed by atoms with Gasteiger partial charge in [-0.2, -0.15) is 0 Å². The Balaban J connectivity index is 1.69. The molecular formula is C29H40N4O7.